The minimum Gasteiger partial charge on any atom is -0.291 e. The summed E-state index contributed by atoms with van der Waals surface area (Å²) in [5.74, 6) is 0.0966. The zero-order valence-corrected chi connectivity index (χ0v) is 5.86. The molecule has 1 nitrogen and oxygen atoms in total. The Bertz CT molecular complexity index is 54.0. The molecule has 1 unspecified atom stereocenters. The van der Waals surface area contributed by atoms with Crippen LogP contribution in [0.2, 0.25) is 0 Å². The van der Waals surface area contributed by atoms with Gasteiger partial charge in [-0.3, -0.25) is 4.79 Å². The van der Waals surface area contributed by atoms with Crippen LogP contribution in [0.1, 0.15) is 13.3 Å². The molecule has 1 radical (unpaired) electrons. The van der Waals surface area contributed by atoms with Crippen molar-refractivity contribution in [1.82, 2.24) is 0 Å². The molecule has 41 valence electrons. The van der Waals surface area contributed by atoms with E-state index in [0.717, 1.165) is 11.8 Å². The lowest BCUT2D eigenvalue weighted by Crippen LogP contribution is -1.94. The maximum absolute atomic E-state index is 9.75. The van der Waals surface area contributed by atoms with E-state index < -0.39 is 0 Å². The van der Waals surface area contributed by atoms with Gasteiger partial charge in [-0.05, 0) is 6.42 Å². The van der Waals surface area contributed by atoms with E-state index in [-0.39, 0.29) is 5.92 Å². The van der Waals surface area contributed by atoms with E-state index in [1.54, 1.807) is 0 Å². The quantitative estimate of drug-likeness (QED) is 0.578. The zero-order valence-electron chi connectivity index (χ0n) is 4.28. The molecule has 0 bridgehead atoms. The van der Waals surface area contributed by atoms with Crippen LogP contribution in [-0.2, 0) is 4.79 Å². The summed E-state index contributed by atoms with van der Waals surface area (Å²) >= 11 is 3.21. The fraction of sp³-hybridized carbons (Fsp3) is 0.800. The van der Waals surface area contributed by atoms with Gasteiger partial charge in [0.15, 0.2) is 0 Å². The van der Waals surface area contributed by atoms with Crippen molar-refractivity contribution in [3.8, 4) is 0 Å². The largest absolute Gasteiger partial charge is 0.291 e. The first-order chi connectivity index (χ1) is 3.31. The topological polar surface area (TPSA) is 17.1 Å². The molecule has 0 aliphatic rings. The monoisotopic (exact) mass is 163 g/mol. The van der Waals surface area contributed by atoms with Gasteiger partial charge in [0.05, 0.1) is 0 Å². The fourth-order valence-electron chi connectivity index (χ4n) is 0.223. The van der Waals surface area contributed by atoms with E-state index in [1.807, 2.05) is 13.2 Å². The molecule has 0 amide bonds. The molecule has 0 heterocycles. The maximum atomic E-state index is 9.75. The van der Waals surface area contributed by atoms with Gasteiger partial charge in [0.1, 0.15) is 0 Å². The Morgan fingerprint density at radius 2 is 2.43 bits per heavy atom. The van der Waals surface area contributed by atoms with E-state index in [1.165, 1.54) is 0 Å². The van der Waals surface area contributed by atoms with E-state index in [9.17, 15) is 4.79 Å². The van der Waals surface area contributed by atoms with Gasteiger partial charge in [-0.25, -0.2) is 0 Å². The van der Waals surface area contributed by atoms with E-state index in [2.05, 4.69) is 15.9 Å². The van der Waals surface area contributed by atoms with Crippen molar-refractivity contribution in [2.75, 3.05) is 5.33 Å². The van der Waals surface area contributed by atoms with Crippen LogP contribution >= 0.6 is 15.9 Å². The number of hydrogen-bond donors (Lipinski definition) is 0. The summed E-state index contributed by atoms with van der Waals surface area (Å²) < 4.78 is 0. The molecule has 0 aliphatic carbocycles. The van der Waals surface area contributed by atoms with Crippen molar-refractivity contribution < 1.29 is 4.79 Å². The Morgan fingerprint density at radius 3 is 2.57 bits per heavy atom. The SMILES string of the molecule is CC([C]=O)CCBr. The van der Waals surface area contributed by atoms with Crippen LogP contribution in [0, 0.1) is 5.92 Å². The summed E-state index contributed by atoms with van der Waals surface area (Å²) in [6.45, 7) is 1.86. The first-order valence-corrected chi connectivity index (χ1v) is 3.37. The second kappa shape index (κ2) is 4.31. The minimum atomic E-state index is 0.0966. The van der Waals surface area contributed by atoms with Crippen LogP contribution in [0.5, 0.6) is 0 Å². The van der Waals surface area contributed by atoms with E-state index >= 15 is 0 Å². The normalized spacial score (nSPS) is 13.4. The van der Waals surface area contributed by atoms with Crippen molar-refractivity contribution in [2.45, 2.75) is 13.3 Å². The summed E-state index contributed by atoms with van der Waals surface area (Å²) in [6.07, 6.45) is 2.78. The van der Waals surface area contributed by atoms with Gasteiger partial charge in [0, 0.05) is 11.2 Å². The lowest BCUT2D eigenvalue weighted by Gasteiger charge is -1.92. The molecule has 0 aromatic carbocycles. The van der Waals surface area contributed by atoms with Crippen LogP contribution < -0.4 is 0 Å². The van der Waals surface area contributed by atoms with Gasteiger partial charge in [-0.1, -0.05) is 22.9 Å². The Hall–Kier alpha value is 0.150. The Labute approximate surface area is 52.2 Å². The lowest BCUT2D eigenvalue weighted by atomic mass is 10.2. The Balaban J connectivity index is 2.98. The standard InChI is InChI=1S/C5H8BrO/c1-5(4-7)2-3-6/h5H,2-3H2,1H3. The van der Waals surface area contributed by atoms with Gasteiger partial charge < -0.3 is 0 Å². The fourth-order valence-corrected chi connectivity index (χ4v) is 0.909. The molecular weight excluding hydrogens is 156 g/mol. The molecule has 0 spiro atoms. The molecule has 0 saturated heterocycles. The van der Waals surface area contributed by atoms with Crippen LogP contribution in [0.25, 0.3) is 0 Å². The third kappa shape index (κ3) is 3.99. The zero-order chi connectivity index (χ0) is 5.70. The molecule has 0 aromatic heterocycles. The van der Waals surface area contributed by atoms with Crippen LogP contribution in [0.15, 0.2) is 0 Å². The second-order valence-electron chi connectivity index (χ2n) is 1.50. The summed E-state index contributed by atoms with van der Waals surface area (Å²) in [4.78, 5) is 9.75. The molecule has 7 heavy (non-hydrogen) atoms. The molecule has 0 fully saturated rings. The molecule has 0 aromatic rings. The summed E-state index contributed by atoms with van der Waals surface area (Å²) in [7, 11) is 0. The molecule has 1 atom stereocenters. The lowest BCUT2D eigenvalue weighted by molar-refractivity contribution is 0.527. The second-order valence-corrected chi connectivity index (χ2v) is 2.29. The predicted octanol–water partition coefficient (Wildman–Crippen LogP) is 1.52. The number of halogens is 1. The molecule has 0 N–H and O–H groups in total. The average Bonchev–Trinajstić information content (AvgIpc) is 1.68. The first kappa shape index (κ1) is 7.15. The average molecular weight is 164 g/mol. The van der Waals surface area contributed by atoms with E-state index in [0.29, 0.717) is 0 Å². The highest BCUT2D eigenvalue weighted by Crippen LogP contribution is 1.98. The van der Waals surface area contributed by atoms with Crippen LogP contribution in [0.3, 0.4) is 0 Å². The number of carbonyl (C=O) groups excluding carboxylic acids is 1. The highest BCUT2D eigenvalue weighted by Gasteiger charge is 1.95. The van der Waals surface area contributed by atoms with Crippen LogP contribution in [0.4, 0.5) is 0 Å². The maximum Gasteiger partial charge on any atom is 0.201 e. The van der Waals surface area contributed by atoms with Crippen molar-refractivity contribution in [2.24, 2.45) is 5.92 Å². The van der Waals surface area contributed by atoms with Gasteiger partial charge in [0.2, 0.25) is 6.29 Å². The van der Waals surface area contributed by atoms with Crippen molar-refractivity contribution in [1.29, 1.82) is 0 Å². The van der Waals surface area contributed by atoms with Gasteiger partial charge in [-0.2, -0.15) is 0 Å². The number of alkyl halides is 1. The molecular formula is C5H8BrO. The Morgan fingerprint density at radius 1 is 1.86 bits per heavy atom. The smallest absolute Gasteiger partial charge is 0.201 e. The number of hydrogen-bond acceptors (Lipinski definition) is 1. The predicted molar refractivity (Wildman–Crippen MR) is 33.3 cm³/mol. The number of rotatable bonds is 3. The summed E-state index contributed by atoms with van der Waals surface area (Å²) in [5.41, 5.74) is 0. The van der Waals surface area contributed by atoms with Gasteiger partial charge in [-0.15, -0.1) is 0 Å². The third-order valence-electron chi connectivity index (χ3n) is 0.743. The molecule has 0 saturated carbocycles. The molecule has 2 heteroatoms. The van der Waals surface area contributed by atoms with Gasteiger partial charge >= 0.3 is 0 Å². The molecule has 0 rings (SSSR count). The third-order valence-corrected chi connectivity index (χ3v) is 1.20. The van der Waals surface area contributed by atoms with Gasteiger partial charge in [0.25, 0.3) is 0 Å². The van der Waals surface area contributed by atoms with Crippen LogP contribution in [-0.4, -0.2) is 11.6 Å². The van der Waals surface area contributed by atoms with E-state index in [4.69, 9.17) is 0 Å². The highest BCUT2D eigenvalue weighted by atomic mass is 79.9. The minimum absolute atomic E-state index is 0.0966. The first-order valence-electron chi connectivity index (χ1n) is 2.25. The summed E-state index contributed by atoms with van der Waals surface area (Å²) in [6, 6.07) is 0. The van der Waals surface area contributed by atoms with Crippen molar-refractivity contribution in [3.05, 3.63) is 0 Å². The van der Waals surface area contributed by atoms with Crippen molar-refractivity contribution >= 4 is 22.2 Å². The summed E-state index contributed by atoms with van der Waals surface area (Å²) in [5, 5.41) is 0.892. The Kier molecular flexibility index (Phi) is 4.41. The highest BCUT2D eigenvalue weighted by molar-refractivity contribution is 9.09. The van der Waals surface area contributed by atoms with Crippen molar-refractivity contribution in [3.63, 3.8) is 0 Å². The molecule has 0 aliphatic heterocycles.